The molecule has 1 unspecified atom stereocenters. The van der Waals surface area contributed by atoms with Gasteiger partial charge < -0.3 is 14.6 Å². The van der Waals surface area contributed by atoms with E-state index < -0.39 is 0 Å². The van der Waals surface area contributed by atoms with Gasteiger partial charge >= 0.3 is 0 Å². The zero-order valence-corrected chi connectivity index (χ0v) is 18.7. The van der Waals surface area contributed by atoms with Crippen molar-refractivity contribution in [3.8, 4) is 17.3 Å². The molecular formula is C22H28Cl2N4O. The minimum Gasteiger partial charge on any atom is -0.477 e. The van der Waals surface area contributed by atoms with Crippen molar-refractivity contribution in [2.24, 2.45) is 5.92 Å². The van der Waals surface area contributed by atoms with Crippen LogP contribution < -0.4 is 4.74 Å². The number of hydrogen-bond donors (Lipinski definition) is 1. The molecule has 0 spiro atoms. The van der Waals surface area contributed by atoms with Crippen LogP contribution in [0.25, 0.3) is 22.4 Å². The van der Waals surface area contributed by atoms with Crippen molar-refractivity contribution in [3.05, 3.63) is 40.5 Å². The van der Waals surface area contributed by atoms with E-state index in [1.165, 1.54) is 12.8 Å². The summed E-state index contributed by atoms with van der Waals surface area (Å²) in [6.45, 7) is 4.05. The monoisotopic (exact) mass is 434 g/mol. The third-order valence-corrected chi connectivity index (χ3v) is 5.65. The predicted octanol–water partition coefficient (Wildman–Crippen LogP) is 6.07. The Morgan fingerprint density at radius 1 is 1.14 bits per heavy atom. The van der Waals surface area contributed by atoms with Gasteiger partial charge in [-0.15, -0.1) is 0 Å². The van der Waals surface area contributed by atoms with E-state index in [0.29, 0.717) is 28.4 Å². The van der Waals surface area contributed by atoms with Gasteiger partial charge in [0, 0.05) is 11.8 Å². The third-order valence-electron chi connectivity index (χ3n) is 4.97. The molecule has 2 aromatic heterocycles. The van der Waals surface area contributed by atoms with Crippen molar-refractivity contribution >= 4 is 34.2 Å². The lowest BCUT2D eigenvalue weighted by Gasteiger charge is -2.15. The lowest BCUT2D eigenvalue weighted by molar-refractivity contribution is 0.285. The van der Waals surface area contributed by atoms with Crippen LogP contribution in [0.15, 0.2) is 30.5 Å². The number of pyridine rings is 1. The molecule has 29 heavy (non-hydrogen) atoms. The first-order valence-corrected chi connectivity index (χ1v) is 10.8. The van der Waals surface area contributed by atoms with Crippen molar-refractivity contribution in [2.75, 3.05) is 27.2 Å². The number of ether oxygens (including phenoxy) is 1. The molecule has 3 rings (SSSR count). The van der Waals surface area contributed by atoms with E-state index in [2.05, 4.69) is 40.9 Å². The van der Waals surface area contributed by atoms with Crippen LogP contribution in [0.2, 0.25) is 10.0 Å². The summed E-state index contributed by atoms with van der Waals surface area (Å²) in [6.07, 6.45) is 6.24. The minimum absolute atomic E-state index is 0.441. The number of H-pyrrole nitrogens is 1. The molecule has 0 aliphatic rings. The van der Waals surface area contributed by atoms with Gasteiger partial charge in [-0.05, 0) is 64.0 Å². The highest BCUT2D eigenvalue weighted by Gasteiger charge is 2.15. The number of hydrogen-bond acceptors (Lipinski definition) is 4. The number of imidazole rings is 1. The number of unbranched alkanes of at least 4 members (excludes halogenated alkanes) is 1. The quantitative estimate of drug-likeness (QED) is 0.393. The summed E-state index contributed by atoms with van der Waals surface area (Å²) < 4.78 is 5.86. The third kappa shape index (κ3) is 5.84. The second kappa shape index (κ2) is 10.3. The largest absolute Gasteiger partial charge is 0.477 e. The van der Waals surface area contributed by atoms with Gasteiger partial charge in [0.2, 0.25) is 5.88 Å². The highest BCUT2D eigenvalue weighted by atomic mass is 35.5. The Hall–Kier alpha value is -1.82. The summed E-state index contributed by atoms with van der Waals surface area (Å²) >= 11 is 12.8. The first-order chi connectivity index (χ1) is 14.0. The van der Waals surface area contributed by atoms with Gasteiger partial charge in [0.25, 0.3) is 0 Å². The molecule has 1 atom stereocenters. The fourth-order valence-corrected chi connectivity index (χ4v) is 3.69. The Balaban J connectivity index is 1.57. The molecule has 0 aliphatic heterocycles. The lowest BCUT2D eigenvalue weighted by Crippen LogP contribution is -2.15. The van der Waals surface area contributed by atoms with E-state index in [-0.39, 0.29) is 0 Å². The number of rotatable bonds is 10. The van der Waals surface area contributed by atoms with Gasteiger partial charge in [-0.1, -0.05) is 42.6 Å². The van der Waals surface area contributed by atoms with Gasteiger partial charge in [-0.3, -0.25) is 0 Å². The van der Waals surface area contributed by atoms with Crippen LogP contribution in [0.3, 0.4) is 0 Å². The zero-order chi connectivity index (χ0) is 20.8. The average Bonchev–Trinajstić information content (AvgIpc) is 3.12. The van der Waals surface area contributed by atoms with E-state index in [1.54, 1.807) is 6.20 Å². The number of nitrogens with zero attached hydrogens (tertiary/aromatic N) is 3. The Morgan fingerprint density at radius 3 is 2.72 bits per heavy atom. The molecule has 0 saturated carbocycles. The Morgan fingerprint density at radius 2 is 1.97 bits per heavy atom. The summed E-state index contributed by atoms with van der Waals surface area (Å²) in [7, 11) is 4.23. The summed E-state index contributed by atoms with van der Waals surface area (Å²) in [5.41, 5.74) is 2.34. The maximum absolute atomic E-state index is 6.56. The van der Waals surface area contributed by atoms with Gasteiger partial charge in [-0.25, -0.2) is 9.97 Å². The Labute approximate surface area is 182 Å². The fraction of sp³-hybridized carbons (Fsp3) is 0.455. The first-order valence-electron chi connectivity index (χ1n) is 10.0. The summed E-state index contributed by atoms with van der Waals surface area (Å²) in [6, 6.07) is 7.46. The molecular weight excluding hydrogens is 407 g/mol. The molecule has 0 aliphatic carbocycles. The van der Waals surface area contributed by atoms with Crippen molar-refractivity contribution in [1.82, 2.24) is 19.9 Å². The molecule has 5 nitrogen and oxygen atoms in total. The number of fused-ring (bicyclic) bond motifs is 1. The molecule has 156 valence electrons. The van der Waals surface area contributed by atoms with E-state index in [9.17, 15) is 0 Å². The Bertz CT molecular complexity index is 942. The van der Waals surface area contributed by atoms with Crippen LogP contribution in [0, 0.1) is 5.92 Å². The number of aromatic nitrogens is 3. The number of para-hydroxylation sites is 1. The summed E-state index contributed by atoms with van der Waals surface area (Å²) in [5, 5.41) is 1.06. The van der Waals surface area contributed by atoms with E-state index in [4.69, 9.17) is 27.9 Å². The summed E-state index contributed by atoms with van der Waals surface area (Å²) in [4.78, 5) is 14.4. The van der Waals surface area contributed by atoms with E-state index in [1.807, 2.05) is 24.3 Å². The van der Waals surface area contributed by atoms with Gasteiger partial charge in [0.1, 0.15) is 16.4 Å². The standard InChI is InChI=1S/C22H28Cl2N4O/c1-15(11-13-28(2)3)7-4-5-14-29-22-19(24)16(10-12-25-22)21-26-18-9-6-8-17(23)20(18)27-21/h6,8-10,12,15H,4-5,7,11,13-14H2,1-3H3,(H,26,27). The highest BCUT2D eigenvalue weighted by molar-refractivity contribution is 6.35. The first kappa shape index (κ1) is 21.9. The smallest absolute Gasteiger partial charge is 0.233 e. The van der Waals surface area contributed by atoms with Crippen LogP contribution in [-0.4, -0.2) is 47.1 Å². The highest BCUT2D eigenvalue weighted by Crippen LogP contribution is 2.34. The normalized spacial score (nSPS) is 12.6. The summed E-state index contributed by atoms with van der Waals surface area (Å²) in [5.74, 6) is 1.82. The van der Waals surface area contributed by atoms with Crippen LogP contribution >= 0.6 is 23.2 Å². The second-order valence-electron chi connectivity index (χ2n) is 7.74. The van der Waals surface area contributed by atoms with Crippen LogP contribution in [0.5, 0.6) is 5.88 Å². The fourth-order valence-electron chi connectivity index (χ4n) is 3.22. The second-order valence-corrected chi connectivity index (χ2v) is 8.53. The van der Waals surface area contributed by atoms with Crippen molar-refractivity contribution in [3.63, 3.8) is 0 Å². The maximum atomic E-state index is 6.56. The predicted molar refractivity (Wildman–Crippen MR) is 121 cm³/mol. The molecule has 7 heteroatoms. The lowest BCUT2D eigenvalue weighted by atomic mass is 10.0. The number of halogens is 2. The van der Waals surface area contributed by atoms with Gasteiger partial charge in [0.05, 0.1) is 17.1 Å². The van der Waals surface area contributed by atoms with Crippen molar-refractivity contribution in [2.45, 2.75) is 32.6 Å². The average molecular weight is 435 g/mol. The SMILES string of the molecule is CC(CCCCOc1nccc(-c2nc3c(Cl)cccc3[nH]2)c1Cl)CCN(C)C. The van der Waals surface area contributed by atoms with Crippen LogP contribution in [0.1, 0.15) is 32.6 Å². The molecule has 2 heterocycles. The number of benzene rings is 1. The molecule has 0 radical (unpaired) electrons. The minimum atomic E-state index is 0.441. The molecule has 0 amide bonds. The topological polar surface area (TPSA) is 54.0 Å². The molecule has 0 fully saturated rings. The van der Waals surface area contributed by atoms with Crippen LogP contribution in [0.4, 0.5) is 0 Å². The molecule has 0 saturated heterocycles. The maximum Gasteiger partial charge on any atom is 0.233 e. The molecule has 3 aromatic rings. The number of aromatic amines is 1. The zero-order valence-electron chi connectivity index (χ0n) is 17.2. The molecule has 1 aromatic carbocycles. The van der Waals surface area contributed by atoms with E-state index in [0.717, 1.165) is 41.9 Å². The molecule has 1 N–H and O–H groups in total. The van der Waals surface area contributed by atoms with Crippen LogP contribution in [-0.2, 0) is 0 Å². The van der Waals surface area contributed by atoms with E-state index >= 15 is 0 Å². The Kier molecular flexibility index (Phi) is 7.76. The van der Waals surface area contributed by atoms with Gasteiger partial charge in [0.15, 0.2) is 0 Å². The van der Waals surface area contributed by atoms with Gasteiger partial charge in [-0.2, -0.15) is 0 Å². The molecule has 0 bridgehead atoms. The van der Waals surface area contributed by atoms with Crippen molar-refractivity contribution < 1.29 is 4.74 Å². The number of nitrogens with one attached hydrogen (secondary N) is 1. The van der Waals surface area contributed by atoms with Crippen molar-refractivity contribution in [1.29, 1.82) is 0 Å².